The predicted molar refractivity (Wildman–Crippen MR) is 75.9 cm³/mol. The van der Waals surface area contributed by atoms with Crippen molar-refractivity contribution in [3.8, 4) is 0 Å². The van der Waals surface area contributed by atoms with E-state index in [9.17, 15) is 4.79 Å². The molecule has 1 atom stereocenters. The van der Waals surface area contributed by atoms with Crippen molar-refractivity contribution in [2.45, 2.75) is 40.7 Å². The van der Waals surface area contributed by atoms with E-state index < -0.39 is 0 Å². The first-order chi connectivity index (χ1) is 8.40. The summed E-state index contributed by atoms with van der Waals surface area (Å²) in [7, 11) is 0. The molecule has 0 aliphatic carbocycles. The van der Waals surface area contributed by atoms with Gasteiger partial charge < -0.3 is 10.6 Å². The van der Waals surface area contributed by atoms with Crippen LogP contribution in [-0.2, 0) is 4.79 Å². The number of nitrogens with one attached hydrogen (secondary N) is 2. The zero-order chi connectivity index (χ0) is 13.7. The topological polar surface area (TPSA) is 54.0 Å². The Labute approximate surface area is 113 Å². The van der Waals surface area contributed by atoms with Crippen LogP contribution in [0, 0.1) is 19.8 Å². The van der Waals surface area contributed by atoms with Gasteiger partial charge in [0.2, 0.25) is 5.91 Å². The molecule has 18 heavy (non-hydrogen) atoms. The van der Waals surface area contributed by atoms with Gasteiger partial charge in [0.1, 0.15) is 0 Å². The zero-order valence-electron chi connectivity index (χ0n) is 11.8. The Morgan fingerprint density at radius 2 is 2.00 bits per heavy atom. The minimum atomic E-state index is 0.0418. The highest BCUT2D eigenvalue weighted by molar-refractivity contribution is 7.11. The van der Waals surface area contributed by atoms with Crippen LogP contribution in [0.25, 0.3) is 0 Å². The van der Waals surface area contributed by atoms with Crippen LogP contribution in [0.3, 0.4) is 0 Å². The van der Waals surface area contributed by atoms with Gasteiger partial charge in [0.15, 0.2) is 0 Å². The summed E-state index contributed by atoms with van der Waals surface area (Å²) in [6, 6.07) is 0.111. The van der Waals surface area contributed by atoms with Crippen LogP contribution in [0.2, 0.25) is 0 Å². The normalized spacial score (nSPS) is 12.8. The fourth-order valence-corrected chi connectivity index (χ4v) is 2.58. The number of hydrogen-bond donors (Lipinski definition) is 2. The van der Waals surface area contributed by atoms with E-state index in [-0.39, 0.29) is 11.9 Å². The third-order valence-corrected chi connectivity index (χ3v) is 3.53. The number of thiazole rings is 1. The maximum Gasteiger partial charge on any atom is 0.233 e. The van der Waals surface area contributed by atoms with Gasteiger partial charge in [-0.15, -0.1) is 11.3 Å². The number of aromatic nitrogens is 1. The molecule has 1 heterocycles. The van der Waals surface area contributed by atoms with E-state index in [0.717, 1.165) is 17.2 Å². The molecule has 1 rings (SSSR count). The second-order valence-electron chi connectivity index (χ2n) is 4.97. The highest BCUT2D eigenvalue weighted by atomic mass is 32.1. The molecular formula is C13H23N3OS. The summed E-state index contributed by atoms with van der Waals surface area (Å²) in [4.78, 5) is 17.3. The molecule has 1 aromatic heterocycles. The standard InChI is InChI=1S/C13H23N3OS/c1-8(2)6-15-12(17)7-14-9(3)13-10(4)18-11(5)16-13/h8-9,14H,6-7H2,1-5H3,(H,15,17). The van der Waals surface area contributed by atoms with E-state index >= 15 is 0 Å². The fraction of sp³-hybridized carbons (Fsp3) is 0.692. The van der Waals surface area contributed by atoms with Gasteiger partial charge in [0.05, 0.1) is 17.2 Å². The molecule has 1 amide bonds. The fourth-order valence-electron chi connectivity index (χ4n) is 1.67. The molecule has 0 aliphatic heterocycles. The van der Waals surface area contributed by atoms with Crippen molar-refractivity contribution in [1.29, 1.82) is 0 Å². The molecule has 2 N–H and O–H groups in total. The Balaban J connectivity index is 2.39. The van der Waals surface area contributed by atoms with Gasteiger partial charge in [-0.1, -0.05) is 13.8 Å². The molecule has 4 nitrogen and oxygen atoms in total. The summed E-state index contributed by atoms with van der Waals surface area (Å²) in [6.45, 7) is 11.3. The second-order valence-corrected chi connectivity index (χ2v) is 6.38. The van der Waals surface area contributed by atoms with E-state index in [2.05, 4.69) is 36.4 Å². The van der Waals surface area contributed by atoms with Crippen LogP contribution < -0.4 is 10.6 Å². The highest BCUT2D eigenvalue weighted by Gasteiger charge is 2.13. The van der Waals surface area contributed by atoms with Crippen LogP contribution in [-0.4, -0.2) is 24.0 Å². The zero-order valence-corrected chi connectivity index (χ0v) is 12.6. The second kappa shape index (κ2) is 6.85. The van der Waals surface area contributed by atoms with Crippen molar-refractivity contribution in [2.75, 3.05) is 13.1 Å². The molecule has 0 saturated carbocycles. The molecule has 0 bridgehead atoms. The molecule has 102 valence electrons. The lowest BCUT2D eigenvalue weighted by Gasteiger charge is -2.13. The molecular weight excluding hydrogens is 246 g/mol. The van der Waals surface area contributed by atoms with E-state index in [0.29, 0.717) is 12.5 Å². The predicted octanol–water partition coefficient (Wildman–Crippen LogP) is 2.18. The third-order valence-electron chi connectivity index (χ3n) is 2.63. The van der Waals surface area contributed by atoms with Crippen molar-refractivity contribution in [3.05, 3.63) is 15.6 Å². The monoisotopic (exact) mass is 269 g/mol. The Hall–Kier alpha value is -0.940. The lowest BCUT2D eigenvalue weighted by Crippen LogP contribution is -2.36. The average molecular weight is 269 g/mol. The first-order valence-electron chi connectivity index (χ1n) is 6.34. The molecule has 0 aliphatic rings. The van der Waals surface area contributed by atoms with Crippen molar-refractivity contribution in [1.82, 2.24) is 15.6 Å². The Morgan fingerprint density at radius 3 is 2.50 bits per heavy atom. The van der Waals surface area contributed by atoms with E-state index in [4.69, 9.17) is 0 Å². The maximum atomic E-state index is 11.6. The first kappa shape index (κ1) is 15.1. The van der Waals surface area contributed by atoms with Gasteiger partial charge in [-0.05, 0) is 26.7 Å². The lowest BCUT2D eigenvalue weighted by atomic mass is 10.2. The summed E-state index contributed by atoms with van der Waals surface area (Å²) in [6.07, 6.45) is 0. The van der Waals surface area contributed by atoms with Crippen LogP contribution >= 0.6 is 11.3 Å². The van der Waals surface area contributed by atoms with Crippen LogP contribution in [0.4, 0.5) is 0 Å². The van der Waals surface area contributed by atoms with Crippen LogP contribution in [0.1, 0.15) is 42.4 Å². The summed E-state index contributed by atoms with van der Waals surface area (Å²) >= 11 is 1.69. The van der Waals surface area contributed by atoms with Gasteiger partial charge >= 0.3 is 0 Å². The van der Waals surface area contributed by atoms with Crippen molar-refractivity contribution in [3.63, 3.8) is 0 Å². The van der Waals surface area contributed by atoms with E-state index in [1.54, 1.807) is 11.3 Å². The summed E-state index contributed by atoms with van der Waals surface area (Å²) in [5.41, 5.74) is 1.05. The number of rotatable bonds is 6. The molecule has 0 aromatic carbocycles. The number of carbonyl (C=O) groups excluding carboxylic acids is 1. The number of carbonyl (C=O) groups is 1. The Bertz CT molecular complexity index is 401. The minimum absolute atomic E-state index is 0.0418. The van der Waals surface area contributed by atoms with Gasteiger partial charge in [-0.2, -0.15) is 0 Å². The molecule has 1 unspecified atom stereocenters. The molecule has 5 heteroatoms. The number of aryl methyl sites for hydroxylation is 2. The van der Waals surface area contributed by atoms with Gasteiger partial charge in [0.25, 0.3) is 0 Å². The van der Waals surface area contributed by atoms with Crippen LogP contribution in [0.5, 0.6) is 0 Å². The van der Waals surface area contributed by atoms with Crippen molar-refractivity contribution in [2.24, 2.45) is 5.92 Å². The van der Waals surface area contributed by atoms with Crippen molar-refractivity contribution < 1.29 is 4.79 Å². The molecule has 0 radical (unpaired) electrons. The molecule has 0 spiro atoms. The molecule has 0 saturated heterocycles. The molecule has 0 fully saturated rings. The smallest absolute Gasteiger partial charge is 0.233 e. The van der Waals surface area contributed by atoms with Crippen LogP contribution in [0.15, 0.2) is 0 Å². The summed E-state index contributed by atoms with van der Waals surface area (Å²) < 4.78 is 0. The maximum absolute atomic E-state index is 11.6. The average Bonchev–Trinajstić information content (AvgIpc) is 2.62. The van der Waals surface area contributed by atoms with Gasteiger partial charge in [-0.25, -0.2) is 4.98 Å². The number of amides is 1. The Morgan fingerprint density at radius 1 is 1.33 bits per heavy atom. The Kier molecular flexibility index (Phi) is 5.75. The van der Waals surface area contributed by atoms with Gasteiger partial charge in [-0.3, -0.25) is 4.79 Å². The summed E-state index contributed by atoms with van der Waals surface area (Å²) in [5, 5.41) is 7.17. The van der Waals surface area contributed by atoms with E-state index in [1.807, 2.05) is 13.8 Å². The van der Waals surface area contributed by atoms with E-state index in [1.165, 1.54) is 4.88 Å². The largest absolute Gasteiger partial charge is 0.355 e. The quantitative estimate of drug-likeness (QED) is 0.832. The summed E-state index contributed by atoms with van der Waals surface area (Å²) in [5.74, 6) is 0.523. The first-order valence-corrected chi connectivity index (χ1v) is 7.15. The molecule has 1 aromatic rings. The van der Waals surface area contributed by atoms with Crippen molar-refractivity contribution >= 4 is 17.2 Å². The number of nitrogens with zero attached hydrogens (tertiary/aromatic N) is 1. The van der Waals surface area contributed by atoms with Gasteiger partial charge in [0, 0.05) is 17.5 Å². The SMILES string of the molecule is Cc1nc(C(C)NCC(=O)NCC(C)C)c(C)s1. The lowest BCUT2D eigenvalue weighted by molar-refractivity contribution is -0.120. The highest BCUT2D eigenvalue weighted by Crippen LogP contribution is 2.22. The third kappa shape index (κ3) is 4.74. The number of hydrogen-bond acceptors (Lipinski definition) is 4. The minimum Gasteiger partial charge on any atom is -0.355 e.